The van der Waals surface area contributed by atoms with Crippen LogP contribution in [-0.2, 0) is 17.8 Å². The second-order valence-corrected chi connectivity index (χ2v) is 6.52. The smallest absolute Gasteiger partial charge is 0.276 e. The van der Waals surface area contributed by atoms with Crippen LogP contribution in [-0.4, -0.2) is 31.7 Å². The van der Waals surface area contributed by atoms with Crippen LogP contribution in [0.15, 0.2) is 71.1 Å². The van der Waals surface area contributed by atoms with Crippen molar-refractivity contribution in [2.45, 2.75) is 10.1 Å². The molecule has 0 aliphatic rings. The Bertz CT molecular complexity index is 878. The van der Waals surface area contributed by atoms with E-state index in [1.54, 1.807) is 55.3 Å². The third kappa shape index (κ3) is 2.98. The Morgan fingerprint density at radius 3 is 2.54 bits per heavy atom. The molecule has 6 nitrogen and oxygen atoms in total. The highest BCUT2D eigenvalue weighted by molar-refractivity contribution is 7.85. The summed E-state index contributed by atoms with van der Waals surface area (Å²) in [5.74, 6) is -0.241. The summed E-state index contributed by atoms with van der Waals surface area (Å²) >= 11 is 0. The number of carbonyl (C=O) groups excluding carboxylic acids is 1. The van der Waals surface area contributed by atoms with Crippen molar-refractivity contribution in [3.05, 3.63) is 66.7 Å². The maximum Gasteiger partial charge on any atom is 0.276 e. The van der Waals surface area contributed by atoms with Gasteiger partial charge < -0.3 is 9.47 Å². The van der Waals surface area contributed by atoms with E-state index in [-0.39, 0.29) is 5.91 Å². The minimum atomic E-state index is -1.44. The fraction of sp³-hybridized carbons (Fsp3) is 0.118. The molecule has 1 unspecified atom stereocenters. The van der Waals surface area contributed by atoms with E-state index in [0.29, 0.717) is 21.4 Å². The van der Waals surface area contributed by atoms with Crippen molar-refractivity contribution in [3.63, 3.8) is 0 Å². The van der Waals surface area contributed by atoms with E-state index in [2.05, 4.69) is 9.97 Å². The number of imidazole rings is 1. The summed E-state index contributed by atoms with van der Waals surface area (Å²) in [4.78, 5) is 23.0. The third-order valence-corrected chi connectivity index (χ3v) is 5.04. The van der Waals surface area contributed by atoms with E-state index in [1.807, 2.05) is 18.2 Å². The summed E-state index contributed by atoms with van der Waals surface area (Å²) in [5.41, 5.74) is 1.04. The van der Waals surface area contributed by atoms with Gasteiger partial charge in [-0.2, -0.15) is 0 Å². The number of nitrogens with zero attached hydrogens (tertiary/aromatic N) is 4. The van der Waals surface area contributed by atoms with Gasteiger partial charge in [0.05, 0.1) is 18.1 Å². The Kier molecular flexibility index (Phi) is 4.52. The number of rotatable bonds is 4. The van der Waals surface area contributed by atoms with E-state index < -0.39 is 10.8 Å². The van der Waals surface area contributed by atoms with Crippen LogP contribution in [0.1, 0.15) is 10.5 Å². The van der Waals surface area contributed by atoms with Crippen molar-refractivity contribution in [1.82, 2.24) is 14.5 Å². The lowest BCUT2D eigenvalue weighted by atomic mass is 10.3. The minimum Gasteiger partial charge on any atom is -0.316 e. The van der Waals surface area contributed by atoms with Gasteiger partial charge in [-0.25, -0.2) is 9.19 Å². The molecule has 0 N–H and O–H groups in total. The molecule has 0 aliphatic carbocycles. The lowest BCUT2D eigenvalue weighted by Crippen LogP contribution is -2.28. The van der Waals surface area contributed by atoms with Crippen LogP contribution in [0.5, 0.6) is 0 Å². The van der Waals surface area contributed by atoms with Gasteiger partial charge in [-0.1, -0.05) is 18.2 Å². The first-order valence-corrected chi connectivity index (χ1v) is 8.41. The summed E-state index contributed by atoms with van der Waals surface area (Å²) in [7, 11) is 1.91. The normalized spacial score (nSPS) is 11.9. The second-order valence-electron chi connectivity index (χ2n) is 5.14. The summed E-state index contributed by atoms with van der Waals surface area (Å²) < 4.78 is 14.2. The van der Waals surface area contributed by atoms with Crippen LogP contribution in [0.25, 0.3) is 0 Å². The van der Waals surface area contributed by atoms with Gasteiger partial charge in [-0.3, -0.25) is 9.78 Å². The number of anilines is 1. The zero-order valence-electron chi connectivity index (χ0n) is 13.3. The van der Waals surface area contributed by atoms with Crippen LogP contribution < -0.4 is 4.90 Å². The largest absolute Gasteiger partial charge is 0.316 e. The van der Waals surface area contributed by atoms with Crippen molar-refractivity contribution in [3.8, 4) is 0 Å². The number of hydrogen-bond acceptors (Lipinski definition) is 4. The Hall–Kier alpha value is -2.80. The molecule has 1 atom stereocenters. The number of carbonyl (C=O) groups is 1. The molecular formula is C17H16N4O2S. The van der Waals surface area contributed by atoms with Gasteiger partial charge in [-0.05, 0) is 24.3 Å². The fourth-order valence-electron chi connectivity index (χ4n) is 2.25. The van der Waals surface area contributed by atoms with Gasteiger partial charge in [0, 0.05) is 25.2 Å². The average molecular weight is 340 g/mol. The maximum atomic E-state index is 12.7. The van der Waals surface area contributed by atoms with Gasteiger partial charge in [0.15, 0.2) is 0 Å². The van der Waals surface area contributed by atoms with Gasteiger partial charge in [0.25, 0.3) is 5.91 Å². The summed E-state index contributed by atoms with van der Waals surface area (Å²) in [5, 5.41) is 0.337. The molecule has 0 fully saturated rings. The number of hydrogen-bond donors (Lipinski definition) is 0. The lowest BCUT2D eigenvalue weighted by molar-refractivity contribution is 0.0984. The van der Waals surface area contributed by atoms with Gasteiger partial charge in [-0.15, -0.1) is 0 Å². The zero-order chi connectivity index (χ0) is 17.1. The molecule has 3 aromatic rings. The minimum absolute atomic E-state index is 0.241. The van der Waals surface area contributed by atoms with Crippen LogP contribution in [0.3, 0.4) is 0 Å². The molecule has 3 rings (SSSR count). The topological polar surface area (TPSA) is 68.1 Å². The molecular weight excluding hydrogens is 324 g/mol. The highest BCUT2D eigenvalue weighted by Gasteiger charge is 2.22. The van der Waals surface area contributed by atoms with Crippen molar-refractivity contribution >= 4 is 22.4 Å². The first-order valence-electron chi connectivity index (χ1n) is 7.26. The van der Waals surface area contributed by atoms with Crippen molar-refractivity contribution in [1.29, 1.82) is 0 Å². The SMILES string of the molecule is CN(C(=O)c1cnc(S(=O)c2ccccc2)n1C)c1cccnc1. The predicted molar refractivity (Wildman–Crippen MR) is 91.3 cm³/mol. The van der Waals surface area contributed by atoms with Crippen LogP contribution in [0.2, 0.25) is 0 Å². The summed E-state index contributed by atoms with van der Waals surface area (Å²) in [6.45, 7) is 0. The first kappa shape index (κ1) is 16.1. The highest BCUT2D eigenvalue weighted by atomic mass is 32.2. The van der Waals surface area contributed by atoms with Gasteiger partial charge >= 0.3 is 0 Å². The molecule has 0 saturated carbocycles. The van der Waals surface area contributed by atoms with Crippen LogP contribution in [0, 0.1) is 0 Å². The third-order valence-electron chi connectivity index (χ3n) is 3.63. The Labute approximate surface area is 142 Å². The zero-order valence-corrected chi connectivity index (χ0v) is 14.1. The summed E-state index contributed by atoms with van der Waals surface area (Å²) in [6, 6.07) is 12.6. The molecule has 0 saturated heterocycles. The second kappa shape index (κ2) is 6.76. The molecule has 2 heterocycles. The van der Waals surface area contributed by atoms with Crippen molar-refractivity contribution in [2.24, 2.45) is 7.05 Å². The van der Waals surface area contributed by atoms with E-state index in [0.717, 1.165) is 0 Å². The molecule has 0 radical (unpaired) electrons. The molecule has 0 aliphatic heterocycles. The molecule has 0 bridgehead atoms. The van der Waals surface area contributed by atoms with Crippen molar-refractivity contribution in [2.75, 3.05) is 11.9 Å². The van der Waals surface area contributed by atoms with E-state index in [1.165, 1.54) is 11.1 Å². The number of amides is 1. The van der Waals surface area contributed by atoms with E-state index in [9.17, 15) is 9.00 Å². The quantitative estimate of drug-likeness (QED) is 0.730. The molecule has 7 heteroatoms. The highest BCUT2D eigenvalue weighted by Crippen LogP contribution is 2.18. The van der Waals surface area contributed by atoms with E-state index in [4.69, 9.17) is 0 Å². The molecule has 1 aromatic carbocycles. The molecule has 122 valence electrons. The molecule has 24 heavy (non-hydrogen) atoms. The number of benzene rings is 1. The van der Waals surface area contributed by atoms with Crippen LogP contribution in [0.4, 0.5) is 5.69 Å². The van der Waals surface area contributed by atoms with Gasteiger partial charge in [0.2, 0.25) is 5.16 Å². The Morgan fingerprint density at radius 2 is 1.88 bits per heavy atom. The molecule has 2 aromatic heterocycles. The maximum absolute atomic E-state index is 12.7. The Balaban J connectivity index is 1.90. The van der Waals surface area contributed by atoms with E-state index >= 15 is 0 Å². The fourth-order valence-corrected chi connectivity index (χ4v) is 3.36. The first-order chi connectivity index (χ1) is 11.6. The molecule has 0 spiro atoms. The summed E-state index contributed by atoms with van der Waals surface area (Å²) in [6.07, 6.45) is 4.70. The van der Waals surface area contributed by atoms with Crippen LogP contribution >= 0.6 is 0 Å². The van der Waals surface area contributed by atoms with Gasteiger partial charge in [0.1, 0.15) is 16.5 Å². The standard InChI is InChI=1S/C17H16N4O2S/c1-20(13-7-6-10-18-11-13)16(22)15-12-19-17(21(15)2)24(23)14-8-4-3-5-9-14/h3-12H,1-2H3. The number of pyridine rings is 1. The lowest BCUT2D eigenvalue weighted by Gasteiger charge is -2.16. The predicted octanol–water partition coefficient (Wildman–Crippen LogP) is 2.26. The molecule has 1 amide bonds. The number of aromatic nitrogens is 3. The van der Waals surface area contributed by atoms with Crippen molar-refractivity contribution < 1.29 is 9.00 Å². The average Bonchev–Trinajstić information content (AvgIpc) is 3.02. The monoisotopic (exact) mass is 340 g/mol. The Morgan fingerprint density at radius 1 is 1.12 bits per heavy atom.